The van der Waals surface area contributed by atoms with Crippen molar-refractivity contribution < 1.29 is 19.0 Å². The predicted molar refractivity (Wildman–Crippen MR) is 102 cm³/mol. The van der Waals surface area contributed by atoms with Crippen molar-refractivity contribution in [2.45, 2.75) is 32.2 Å². The van der Waals surface area contributed by atoms with Crippen LogP contribution in [0.2, 0.25) is 0 Å². The summed E-state index contributed by atoms with van der Waals surface area (Å²) in [4.78, 5) is 18.6. The molecule has 2 aromatic rings. The zero-order chi connectivity index (χ0) is 18.6. The highest BCUT2D eigenvalue weighted by Gasteiger charge is 2.28. The molecule has 0 bridgehead atoms. The maximum atomic E-state index is 11.8. The van der Waals surface area contributed by atoms with E-state index in [1.165, 1.54) is 5.56 Å². The molecule has 1 aromatic carbocycles. The van der Waals surface area contributed by atoms with Crippen LogP contribution in [0.15, 0.2) is 36.5 Å². The molecule has 0 amide bonds. The summed E-state index contributed by atoms with van der Waals surface area (Å²) in [7, 11) is 0. The van der Waals surface area contributed by atoms with Crippen LogP contribution >= 0.6 is 0 Å². The summed E-state index contributed by atoms with van der Waals surface area (Å²) in [6.45, 7) is 4.47. The minimum Gasteiger partial charge on any atom is -0.490 e. The highest BCUT2D eigenvalue weighted by Crippen LogP contribution is 2.39. The average molecular weight is 368 g/mol. The fourth-order valence-electron chi connectivity index (χ4n) is 3.67. The van der Waals surface area contributed by atoms with Gasteiger partial charge in [-0.2, -0.15) is 0 Å². The van der Waals surface area contributed by atoms with Crippen LogP contribution in [0.25, 0.3) is 0 Å². The fourth-order valence-corrected chi connectivity index (χ4v) is 3.67. The molecule has 1 saturated heterocycles. The van der Waals surface area contributed by atoms with Crippen LogP contribution in [0.5, 0.6) is 11.5 Å². The Morgan fingerprint density at radius 2 is 2.04 bits per heavy atom. The van der Waals surface area contributed by atoms with E-state index in [4.69, 9.17) is 14.2 Å². The van der Waals surface area contributed by atoms with Gasteiger partial charge in [-0.1, -0.05) is 6.07 Å². The molecular weight excluding hydrogens is 344 g/mol. The Labute approximate surface area is 159 Å². The Bertz CT molecular complexity index is 806. The number of anilines is 1. The molecular formula is C21H24N2O4. The molecule has 1 fully saturated rings. The van der Waals surface area contributed by atoms with E-state index in [1.54, 1.807) is 19.2 Å². The zero-order valence-electron chi connectivity index (χ0n) is 15.5. The number of benzene rings is 1. The van der Waals surface area contributed by atoms with Crippen molar-refractivity contribution in [1.29, 1.82) is 0 Å². The van der Waals surface area contributed by atoms with E-state index in [1.807, 2.05) is 12.1 Å². The van der Waals surface area contributed by atoms with Crippen LogP contribution in [0.4, 0.5) is 5.82 Å². The number of hydrogen-bond donors (Lipinski definition) is 0. The van der Waals surface area contributed by atoms with Gasteiger partial charge >= 0.3 is 5.97 Å². The molecule has 1 aromatic heterocycles. The molecule has 0 saturated carbocycles. The molecule has 6 heteroatoms. The molecule has 0 spiro atoms. The first-order chi connectivity index (χ1) is 13.3. The Morgan fingerprint density at radius 1 is 1.19 bits per heavy atom. The highest BCUT2D eigenvalue weighted by atomic mass is 16.5. The van der Waals surface area contributed by atoms with Crippen LogP contribution in [-0.2, 0) is 4.74 Å². The summed E-state index contributed by atoms with van der Waals surface area (Å²) in [5.74, 6) is 2.18. The third-order valence-corrected chi connectivity index (χ3v) is 4.96. The Kier molecular flexibility index (Phi) is 5.14. The van der Waals surface area contributed by atoms with Gasteiger partial charge in [-0.05, 0) is 49.6 Å². The van der Waals surface area contributed by atoms with Crippen molar-refractivity contribution >= 4 is 11.8 Å². The van der Waals surface area contributed by atoms with Crippen molar-refractivity contribution in [1.82, 2.24) is 4.98 Å². The quantitative estimate of drug-likeness (QED) is 0.766. The number of aromatic nitrogens is 1. The Morgan fingerprint density at radius 3 is 2.81 bits per heavy atom. The van der Waals surface area contributed by atoms with Crippen LogP contribution in [0.3, 0.4) is 0 Å². The van der Waals surface area contributed by atoms with Crippen LogP contribution in [0, 0.1) is 0 Å². The molecule has 2 aliphatic rings. The largest absolute Gasteiger partial charge is 0.490 e. The number of nitrogens with zero attached hydrogens (tertiary/aromatic N) is 2. The highest BCUT2D eigenvalue weighted by molar-refractivity contribution is 5.89. The summed E-state index contributed by atoms with van der Waals surface area (Å²) in [6, 6.07) is 10.1. The number of hydrogen-bond acceptors (Lipinski definition) is 6. The van der Waals surface area contributed by atoms with Gasteiger partial charge in [-0.25, -0.2) is 9.78 Å². The van der Waals surface area contributed by atoms with Gasteiger partial charge in [-0.15, -0.1) is 0 Å². The molecule has 0 radical (unpaired) electrons. The van der Waals surface area contributed by atoms with E-state index in [0.717, 1.165) is 43.1 Å². The standard InChI is InChI=1S/C21H24N2O4/c1-2-25-21(24)16-7-9-20(22-14-16)23-10-3-5-17(23)15-6-8-18-19(13-15)27-12-4-11-26-18/h6-9,13-14,17H,2-5,10-12H2,1H3. The minimum absolute atomic E-state index is 0.239. The van der Waals surface area contributed by atoms with E-state index >= 15 is 0 Å². The fraction of sp³-hybridized carbons (Fsp3) is 0.429. The lowest BCUT2D eigenvalue weighted by atomic mass is 10.0. The third kappa shape index (κ3) is 3.70. The van der Waals surface area contributed by atoms with Gasteiger partial charge in [0.1, 0.15) is 5.82 Å². The second-order valence-electron chi connectivity index (χ2n) is 6.73. The van der Waals surface area contributed by atoms with Crippen LogP contribution in [0.1, 0.15) is 48.1 Å². The molecule has 0 N–H and O–H groups in total. The SMILES string of the molecule is CCOC(=O)c1ccc(N2CCCC2c2ccc3c(c2)OCCCO3)nc1. The second-order valence-corrected chi connectivity index (χ2v) is 6.73. The predicted octanol–water partition coefficient (Wildman–Crippen LogP) is 3.76. The van der Waals surface area contributed by atoms with Gasteiger partial charge in [-0.3, -0.25) is 0 Å². The van der Waals surface area contributed by atoms with Gasteiger partial charge in [0.05, 0.1) is 31.4 Å². The van der Waals surface area contributed by atoms with Crippen molar-refractivity contribution in [3.63, 3.8) is 0 Å². The molecule has 1 atom stereocenters. The molecule has 1 unspecified atom stereocenters. The first-order valence-corrected chi connectivity index (χ1v) is 9.55. The van der Waals surface area contributed by atoms with Gasteiger partial charge in [0.15, 0.2) is 11.5 Å². The smallest absolute Gasteiger partial charge is 0.339 e. The van der Waals surface area contributed by atoms with Gasteiger partial charge in [0.25, 0.3) is 0 Å². The van der Waals surface area contributed by atoms with Crippen molar-refractivity contribution in [2.75, 3.05) is 31.3 Å². The van der Waals surface area contributed by atoms with Crippen molar-refractivity contribution in [3.05, 3.63) is 47.7 Å². The lowest BCUT2D eigenvalue weighted by Gasteiger charge is -2.26. The zero-order valence-corrected chi connectivity index (χ0v) is 15.5. The molecule has 142 valence electrons. The normalized spacial score (nSPS) is 18.9. The summed E-state index contributed by atoms with van der Waals surface area (Å²) in [6.07, 6.45) is 4.65. The minimum atomic E-state index is -0.336. The molecule has 6 nitrogen and oxygen atoms in total. The Hall–Kier alpha value is -2.76. The van der Waals surface area contributed by atoms with E-state index < -0.39 is 0 Å². The second kappa shape index (κ2) is 7.86. The van der Waals surface area contributed by atoms with E-state index in [0.29, 0.717) is 25.4 Å². The van der Waals surface area contributed by atoms with Gasteiger partial charge in [0, 0.05) is 19.2 Å². The Balaban J connectivity index is 1.56. The molecule has 4 rings (SSSR count). The van der Waals surface area contributed by atoms with Gasteiger partial charge < -0.3 is 19.1 Å². The maximum absolute atomic E-state index is 11.8. The third-order valence-electron chi connectivity index (χ3n) is 4.96. The summed E-state index contributed by atoms with van der Waals surface area (Å²) >= 11 is 0. The molecule has 3 heterocycles. The number of fused-ring (bicyclic) bond motifs is 1. The van der Waals surface area contributed by atoms with Crippen LogP contribution < -0.4 is 14.4 Å². The molecule has 2 aliphatic heterocycles. The number of carbonyl (C=O) groups is 1. The first kappa shape index (κ1) is 17.6. The average Bonchev–Trinajstić information content (AvgIpc) is 3.07. The van der Waals surface area contributed by atoms with Gasteiger partial charge in [0.2, 0.25) is 0 Å². The molecule has 0 aliphatic carbocycles. The number of ether oxygens (including phenoxy) is 3. The van der Waals surface area contributed by atoms with Crippen molar-refractivity contribution in [3.8, 4) is 11.5 Å². The van der Waals surface area contributed by atoms with Crippen molar-refractivity contribution in [2.24, 2.45) is 0 Å². The lowest BCUT2D eigenvalue weighted by Crippen LogP contribution is -2.23. The number of esters is 1. The number of carbonyl (C=O) groups excluding carboxylic acids is 1. The van der Waals surface area contributed by atoms with Crippen LogP contribution in [-0.4, -0.2) is 37.3 Å². The summed E-state index contributed by atoms with van der Waals surface area (Å²) in [5, 5.41) is 0. The number of rotatable bonds is 4. The van der Waals surface area contributed by atoms with E-state index in [2.05, 4.69) is 22.0 Å². The van der Waals surface area contributed by atoms with E-state index in [-0.39, 0.29) is 12.0 Å². The van der Waals surface area contributed by atoms with E-state index in [9.17, 15) is 4.79 Å². The maximum Gasteiger partial charge on any atom is 0.339 e. The first-order valence-electron chi connectivity index (χ1n) is 9.55. The summed E-state index contributed by atoms with van der Waals surface area (Å²) in [5.41, 5.74) is 1.68. The number of pyridine rings is 1. The monoisotopic (exact) mass is 368 g/mol. The summed E-state index contributed by atoms with van der Waals surface area (Å²) < 4.78 is 16.6. The lowest BCUT2D eigenvalue weighted by molar-refractivity contribution is 0.0526. The molecule has 27 heavy (non-hydrogen) atoms. The topological polar surface area (TPSA) is 60.9 Å².